The summed E-state index contributed by atoms with van der Waals surface area (Å²) in [6.07, 6.45) is 0. The zero-order chi connectivity index (χ0) is 14.5. The molecule has 6 heteroatoms. The lowest BCUT2D eigenvalue weighted by Crippen LogP contribution is -2.56. The summed E-state index contributed by atoms with van der Waals surface area (Å²) in [6.45, 7) is 10.7. The summed E-state index contributed by atoms with van der Waals surface area (Å²) in [5.74, 6) is 0.0789. The zero-order valence-electron chi connectivity index (χ0n) is 12.3. The van der Waals surface area contributed by atoms with E-state index in [1.54, 1.807) is 0 Å². The number of imide groups is 1. The number of amides is 3. The normalized spacial score (nSPS) is 19.2. The quantitative estimate of drug-likeness (QED) is 0.784. The van der Waals surface area contributed by atoms with Crippen LogP contribution in [0.3, 0.4) is 0 Å². The monoisotopic (exact) mass is 271 g/mol. The maximum Gasteiger partial charge on any atom is 0.321 e. The second-order valence-electron chi connectivity index (χ2n) is 5.94. The van der Waals surface area contributed by atoms with Crippen molar-refractivity contribution in [3.8, 4) is 0 Å². The molecule has 0 bridgehead atoms. The average molecular weight is 271 g/mol. The van der Waals surface area contributed by atoms with Crippen LogP contribution >= 0.6 is 0 Å². The maximum atomic E-state index is 11.8. The molecule has 0 atom stereocenters. The molecule has 1 saturated heterocycles. The first-order valence-corrected chi connectivity index (χ1v) is 6.72. The Kier molecular flexibility index (Phi) is 5.75. The number of rotatable bonds is 4. The van der Waals surface area contributed by atoms with Gasteiger partial charge in [0.1, 0.15) is 0 Å². The molecule has 1 rings (SSSR count). The number of hydrogen-bond acceptors (Lipinski definition) is 4. The Hall–Kier alpha value is -1.14. The Balaban J connectivity index is 2.36. The van der Waals surface area contributed by atoms with Gasteiger partial charge in [0, 0.05) is 18.6 Å². The fourth-order valence-electron chi connectivity index (χ4n) is 1.86. The highest BCUT2D eigenvalue weighted by Gasteiger charge is 2.31. The molecule has 110 valence electrons. The molecular weight excluding hydrogens is 246 g/mol. The van der Waals surface area contributed by atoms with Gasteiger partial charge >= 0.3 is 6.03 Å². The van der Waals surface area contributed by atoms with E-state index in [9.17, 15) is 9.59 Å². The zero-order valence-corrected chi connectivity index (χ0v) is 12.3. The Labute approximate surface area is 114 Å². The van der Waals surface area contributed by atoms with E-state index in [1.807, 2.05) is 32.6 Å². The predicted octanol–water partition coefficient (Wildman–Crippen LogP) is 0.579. The second-order valence-corrected chi connectivity index (χ2v) is 5.94. The molecule has 1 heterocycles. The third-order valence-corrected chi connectivity index (χ3v) is 3.08. The third-order valence-electron chi connectivity index (χ3n) is 3.08. The molecule has 6 nitrogen and oxygen atoms in total. The van der Waals surface area contributed by atoms with Crippen molar-refractivity contribution in [3.05, 3.63) is 0 Å². The van der Waals surface area contributed by atoms with Gasteiger partial charge in [-0.15, -0.1) is 0 Å². The number of carbonyl (C=O) groups excluding carboxylic acids is 2. The van der Waals surface area contributed by atoms with E-state index in [0.29, 0.717) is 32.2 Å². The highest BCUT2D eigenvalue weighted by molar-refractivity contribution is 5.95. The summed E-state index contributed by atoms with van der Waals surface area (Å²) < 4.78 is 5.39. The van der Waals surface area contributed by atoms with Gasteiger partial charge in [-0.3, -0.25) is 15.0 Å². The van der Waals surface area contributed by atoms with Gasteiger partial charge < -0.3 is 10.1 Å². The summed E-state index contributed by atoms with van der Waals surface area (Å²) >= 11 is 0. The number of ether oxygens (including phenoxy) is 1. The topological polar surface area (TPSA) is 70.7 Å². The Morgan fingerprint density at radius 3 is 2.63 bits per heavy atom. The van der Waals surface area contributed by atoms with Crippen LogP contribution in [0.2, 0.25) is 0 Å². The summed E-state index contributed by atoms with van der Waals surface area (Å²) in [6, 6.07) is -0.426. The van der Waals surface area contributed by atoms with E-state index in [2.05, 4.69) is 10.6 Å². The molecule has 0 aromatic heterocycles. The first-order chi connectivity index (χ1) is 8.81. The van der Waals surface area contributed by atoms with Gasteiger partial charge in [0.25, 0.3) is 0 Å². The van der Waals surface area contributed by atoms with Crippen molar-refractivity contribution in [2.75, 3.05) is 32.8 Å². The number of urea groups is 1. The number of morpholine rings is 1. The molecule has 0 unspecified atom stereocenters. The van der Waals surface area contributed by atoms with Crippen LogP contribution in [0.5, 0.6) is 0 Å². The fraction of sp³-hybridized carbons (Fsp3) is 0.846. The molecule has 19 heavy (non-hydrogen) atoms. The highest BCUT2D eigenvalue weighted by atomic mass is 16.5. The van der Waals surface area contributed by atoms with Gasteiger partial charge in [-0.25, -0.2) is 4.79 Å². The lowest BCUT2D eigenvalue weighted by Gasteiger charge is -2.41. The summed E-state index contributed by atoms with van der Waals surface area (Å²) in [5.41, 5.74) is -0.177. The van der Waals surface area contributed by atoms with Crippen molar-refractivity contribution in [1.29, 1.82) is 0 Å². The molecule has 0 radical (unpaired) electrons. The largest absolute Gasteiger partial charge is 0.378 e. The standard InChI is InChI=1S/C13H25N3O3/c1-10(2)7-14-12(18)15-11(17)8-16-5-6-19-9-13(16,3)4/h10H,5-9H2,1-4H3,(H2,14,15,17,18). The number of carbonyl (C=O) groups is 2. The second kappa shape index (κ2) is 6.86. The van der Waals surface area contributed by atoms with Crippen molar-refractivity contribution in [2.45, 2.75) is 33.2 Å². The van der Waals surface area contributed by atoms with Crippen LogP contribution in [-0.2, 0) is 9.53 Å². The molecule has 0 saturated carbocycles. The molecule has 3 amide bonds. The maximum absolute atomic E-state index is 11.8. The van der Waals surface area contributed by atoms with Crippen LogP contribution in [0.1, 0.15) is 27.7 Å². The minimum Gasteiger partial charge on any atom is -0.378 e. The van der Waals surface area contributed by atoms with E-state index in [4.69, 9.17) is 4.74 Å². The van der Waals surface area contributed by atoms with Crippen molar-refractivity contribution in [1.82, 2.24) is 15.5 Å². The van der Waals surface area contributed by atoms with Crippen molar-refractivity contribution in [2.24, 2.45) is 5.92 Å². The van der Waals surface area contributed by atoms with E-state index in [1.165, 1.54) is 0 Å². The van der Waals surface area contributed by atoms with Crippen LogP contribution in [0.15, 0.2) is 0 Å². The van der Waals surface area contributed by atoms with Gasteiger partial charge in [0.15, 0.2) is 0 Å². The molecule has 1 fully saturated rings. The molecule has 1 aliphatic heterocycles. The van der Waals surface area contributed by atoms with Crippen LogP contribution in [0.25, 0.3) is 0 Å². The van der Waals surface area contributed by atoms with Gasteiger partial charge in [-0.05, 0) is 19.8 Å². The van der Waals surface area contributed by atoms with Crippen LogP contribution in [0, 0.1) is 5.92 Å². The van der Waals surface area contributed by atoms with Gasteiger partial charge in [-0.1, -0.05) is 13.8 Å². The minimum atomic E-state index is -0.426. The first-order valence-electron chi connectivity index (χ1n) is 6.72. The van der Waals surface area contributed by atoms with Crippen molar-refractivity contribution >= 4 is 11.9 Å². The molecule has 0 aromatic rings. The SMILES string of the molecule is CC(C)CNC(=O)NC(=O)CN1CCOCC1(C)C. The highest BCUT2D eigenvalue weighted by Crippen LogP contribution is 2.17. The molecular formula is C13H25N3O3. The lowest BCUT2D eigenvalue weighted by atomic mass is 10.0. The molecule has 0 aromatic carbocycles. The van der Waals surface area contributed by atoms with E-state index in [0.717, 1.165) is 0 Å². The van der Waals surface area contributed by atoms with E-state index >= 15 is 0 Å². The predicted molar refractivity (Wildman–Crippen MR) is 72.9 cm³/mol. The summed E-state index contributed by atoms with van der Waals surface area (Å²) in [7, 11) is 0. The van der Waals surface area contributed by atoms with E-state index < -0.39 is 6.03 Å². The first kappa shape index (κ1) is 15.9. The van der Waals surface area contributed by atoms with E-state index in [-0.39, 0.29) is 18.0 Å². The molecule has 0 aliphatic carbocycles. The summed E-state index contributed by atoms with van der Waals surface area (Å²) in [5, 5.41) is 5.01. The number of hydrogen-bond donors (Lipinski definition) is 2. The number of nitrogens with zero attached hydrogens (tertiary/aromatic N) is 1. The Bertz CT molecular complexity index is 329. The Morgan fingerprint density at radius 1 is 1.37 bits per heavy atom. The van der Waals surface area contributed by atoms with Crippen molar-refractivity contribution in [3.63, 3.8) is 0 Å². The molecule has 0 spiro atoms. The summed E-state index contributed by atoms with van der Waals surface area (Å²) in [4.78, 5) is 25.3. The minimum absolute atomic E-state index is 0.177. The van der Waals surface area contributed by atoms with Crippen molar-refractivity contribution < 1.29 is 14.3 Å². The van der Waals surface area contributed by atoms with Gasteiger partial charge in [0.2, 0.25) is 5.91 Å². The molecule has 1 aliphatic rings. The third kappa shape index (κ3) is 5.57. The average Bonchev–Trinajstić information content (AvgIpc) is 2.29. The fourth-order valence-corrected chi connectivity index (χ4v) is 1.86. The number of nitrogens with one attached hydrogen (secondary N) is 2. The smallest absolute Gasteiger partial charge is 0.321 e. The molecule has 2 N–H and O–H groups in total. The lowest BCUT2D eigenvalue weighted by molar-refractivity contribution is -0.126. The van der Waals surface area contributed by atoms with Gasteiger partial charge in [-0.2, -0.15) is 0 Å². The Morgan fingerprint density at radius 2 is 2.05 bits per heavy atom. The van der Waals surface area contributed by atoms with Crippen LogP contribution in [0.4, 0.5) is 4.79 Å². The van der Waals surface area contributed by atoms with Crippen LogP contribution in [-0.4, -0.2) is 55.2 Å². The van der Waals surface area contributed by atoms with Crippen LogP contribution < -0.4 is 10.6 Å². The van der Waals surface area contributed by atoms with Gasteiger partial charge in [0.05, 0.1) is 19.8 Å².